The van der Waals surface area contributed by atoms with Crippen LogP contribution in [0.25, 0.3) is 16.9 Å². The number of hydrogen-bond donors (Lipinski definition) is 1. The van der Waals surface area contributed by atoms with Crippen LogP contribution in [-0.4, -0.2) is 20.6 Å². The van der Waals surface area contributed by atoms with Gasteiger partial charge < -0.3 is 4.40 Å². The van der Waals surface area contributed by atoms with Gasteiger partial charge in [0, 0.05) is 34.8 Å². The van der Waals surface area contributed by atoms with Crippen molar-refractivity contribution in [2.24, 2.45) is 5.10 Å². The fourth-order valence-corrected chi connectivity index (χ4v) is 2.80. The Morgan fingerprint density at radius 2 is 1.76 bits per heavy atom. The molecule has 0 aliphatic heterocycles. The van der Waals surface area contributed by atoms with E-state index >= 15 is 0 Å². The average Bonchev–Trinajstić information content (AvgIpc) is 3.06. The van der Waals surface area contributed by atoms with E-state index in [9.17, 15) is 0 Å². The number of hydrazone groups is 1. The Bertz CT molecular complexity index is 1020. The SMILES string of the molecule is Brc1ccc2nc(-c3ccc(NN=Cc4ccncc4)cc3)cn2c1. The second kappa shape index (κ2) is 6.86. The number of nitrogens with zero attached hydrogens (tertiary/aromatic N) is 4. The number of halogens is 1. The summed E-state index contributed by atoms with van der Waals surface area (Å²) in [5.74, 6) is 0. The topological polar surface area (TPSA) is 54.6 Å². The second-order valence-electron chi connectivity index (χ2n) is 5.47. The van der Waals surface area contributed by atoms with Gasteiger partial charge in [-0.25, -0.2) is 4.98 Å². The van der Waals surface area contributed by atoms with Crippen molar-refractivity contribution in [3.63, 3.8) is 0 Å². The molecule has 0 unspecified atom stereocenters. The highest BCUT2D eigenvalue weighted by Gasteiger charge is 2.04. The molecule has 122 valence electrons. The Balaban J connectivity index is 1.50. The van der Waals surface area contributed by atoms with E-state index in [0.29, 0.717) is 0 Å². The zero-order valence-corrected chi connectivity index (χ0v) is 14.8. The predicted molar refractivity (Wildman–Crippen MR) is 104 cm³/mol. The maximum absolute atomic E-state index is 4.64. The van der Waals surface area contributed by atoms with Crippen LogP contribution in [0.3, 0.4) is 0 Å². The van der Waals surface area contributed by atoms with E-state index in [1.165, 1.54) is 0 Å². The molecule has 0 fully saturated rings. The number of aromatic nitrogens is 3. The number of nitrogens with one attached hydrogen (secondary N) is 1. The van der Waals surface area contributed by atoms with Gasteiger partial charge in [0.05, 0.1) is 17.6 Å². The van der Waals surface area contributed by atoms with Crippen LogP contribution in [0.4, 0.5) is 5.69 Å². The van der Waals surface area contributed by atoms with Gasteiger partial charge in [-0.3, -0.25) is 10.4 Å². The third kappa shape index (κ3) is 3.59. The van der Waals surface area contributed by atoms with Gasteiger partial charge in [0.25, 0.3) is 0 Å². The van der Waals surface area contributed by atoms with Crippen LogP contribution in [0.5, 0.6) is 0 Å². The van der Waals surface area contributed by atoms with Crippen LogP contribution >= 0.6 is 15.9 Å². The molecule has 0 saturated carbocycles. The molecule has 0 spiro atoms. The minimum atomic E-state index is 0.917. The maximum atomic E-state index is 4.64. The molecule has 0 aliphatic carbocycles. The zero-order valence-electron chi connectivity index (χ0n) is 13.2. The van der Waals surface area contributed by atoms with Crippen molar-refractivity contribution in [2.75, 3.05) is 5.43 Å². The van der Waals surface area contributed by atoms with E-state index in [1.54, 1.807) is 18.6 Å². The van der Waals surface area contributed by atoms with E-state index < -0.39 is 0 Å². The maximum Gasteiger partial charge on any atom is 0.137 e. The number of anilines is 1. The highest BCUT2D eigenvalue weighted by Crippen LogP contribution is 2.22. The molecule has 4 aromatic rings. The molecule has 5 nitrogen and oxygen atoms in total. The molecule has 25 heavy (non-hydrogen) atoms. The summed E-state index contributed by atoms with van der Waals surface area (Å²) in [7, 11) is 0. The van der Waals surface area contributed by atoms with Gasteiger partial charge in [-0.05, 0) is 57.9 Å². The van der Waals surface area contributed by atoms with Gasteiger partial charge in [-0.1, -0.05) is 12.1 Å². The van der Waals surface area contributed by atoms with Crippen molar-refractivity contribution < 1.29 is 0 Å². The summed E-state index contributed by atoms with van der Waals surface area (Å²) in [5, 5.41) is 4.23. The summed E-state index contributed by atoms with van der Waals surface area (Å²) in [6.07, 6.45) is 9.25. The first-order valence-electron chi connectivity index (χ1n) is 7.72. The monoisotopic (exact) mass is 391 g/mol. The van der Waals surface area contributed by atoms with Crippen molar-refractivity contribution >= 4 is 33.5 Å². The lowest BCUT2D eigenvalue weighted by Gasteiger charge is -2.01. The molecule has 0 radical (unpaired) electrons. The molecule has 6 heteroatoms. The van der Waals surface area contributed by atoms with Gasteiger partial charge >= 0.3 is 0 Å². The lowest BCUT2D eigenvalue weighted by atomic mass is 10.1. The van der Waals surface area contributed by atoms with Crippen LogP contribution < -0.4 is 5.43 Å². The van der Waals surface area contributed by atoms with Gasteiger partial charge in [0.15, 0.2) is 0 Å². The normalized spacial score (nSPS) is 11.2. The van der Waals surface area contributed by atoms with E-state index in [4.69, 9.17) is 0 Å². The van der Waals surface area contributed by atoms with Crippen LogP contribution in [0.2, 0.25) is 0 Å². The Morgan fingerprint density at radius 3 is 2.56 bits per heavy atom. The van der Waals surface area contributed by atoms with Crippen LogP contribution in [-0.2, 0) is 0 Å². The number of imidazole rings is 1. The minimum absolute atomic E-state index is 0.917. The van der Waals surface area contributed by atoms with Gasteiger partial charge in [0.2, 0.25) is 0 Å². The predicted octanol–water partition coefficient (Wildman–Crippen LogP) is 4.60. The molecule has 0 bridgehead atoms. The zero-order chi connectivity index (χ0) is 17.1. The highest BCUT2D eigenvalue weighted by molar-refractivity contribution is 9.10. The molecule has 0 saturated heterocycles. The summed E-state index contributed by atoms with van der Waals surface area (Å²) in [6, 6.07) is 15.8. The van der Waals surface area contributed by atoms with Crippen LogP contribution in [0.1, 0.15) is 5.56 Å². The largest absolute Gasteiger partial charge is 0.305 e. The average molecular weight is 392 g/mol. The van der Waals surface area contributed by atoms with E-state index in [1.807, 2.05) is 65.3 Å². The summed E-state index contributed by atoms with van der Waals surface area (Å²) >= 11 is 3.47. The standard InChI is InChI=1S/C19H14BrN5/c20-16-3-6-19-23-18(13-25(19)12-16)15-1-4-17(5-2-15)24-22-11-14-7-9-21-10-8-14/h1-13,24H. The van der Waals surface area contributed by atoms with E-state index in [-0.39, 0.29) is 0 Å². The molecular formula is C19H14BrN5. The summed E-state index contributed by atoms with van der Waals surface area (Å²) in [5.41, 5.74) is 7.85. The first-order chi connectivity index (χ1) is 12.3. The number of rotatable bonds is 4. The Hall–Kier alpha value is -2.99. The molecule has 1 aromatic carbocycles. The van der Waals surface area contributed by atoms with Crippen LogP contribution in [0.15, 0.2) is 82.9 Å². The first-order valence-corrected chi connectivity index (χ1v) is 8.51. The lowest BCUT2D eigenvalue weighted by Crippen LogP contribution is -1.90. The van der Waals surface area contributed by atoms with E-state index in [2.05, 4.69) is 36.4 Å². The van der Waals surface area contributed by atoms with Crippen molar-refractivity contribution in [1.82, 2.24) is 14.4 Å². The summed E-state index contributed by atoms with van der Waals surface area (Å²) in [4.78, 5) is 8.62. The minimum Gasteiger partial charge on any atom is -0.305 e. The van der Waals surface area contributed by atoms with Crippen molar-refractivity contribution in [1.29, 1.82) is 0 Å². The van der Waals surface area contributed by atoms with Crippen LogP contribution in [0, 0.1) is 0 Å². The highest BCUT2D eigenvalue weighted by atomic mass is 79.9. The smallest absolute Gasteiger partial charge is 0.137 e. The molecule has 3 heterocycles. The number of pyridine rings is 2. The molecule has 4 rings (SSSR count). The fraction of sp³-hybridized carbons (Fsp3) is 0. The molecule has 3 aromatic heterocycles. The van der Waals surface area contributed by atoms with Crippen molar-refractivity contribution in [3.8, 4) is 11.3 Å². The van der Waals surface area contributed by atoms with E-state index in [0.717, 1.165) is 32.6 Å². The Morgan fingerprint density at radius 1 is 0.960 bits per heavy atom. The summed E-state index contributed by atoms with van der Waals surface area (Å²) < 4.78 is 3.03. The molecule has 0 atom stereocenters. The number of benzene rings is 1. The molecular weight excluding hydrogens is 378 g/mol. The first kappa shape index (κ1) is 15.5. The van der Waals surface area contributed by atoms with Gasteiger partial charge in [-0.15, -0.1) is 0 Å². The summed E-state index contributed by atoms with van der Waals surface area (Å²) in [6.45, 7) is 0. The number of fused-ring (bicyclic) bond motifs is 1. The Labute approximate surface area is 153 Å². The third-order valence-electron chi connectivity index (χ3n) is 3.71. The Kier molecular flexibility index (Phi) is 4.26. The van der Waals surface area contributed by atoms with Gasteiger partial charge in [-0.2, -0.15) is 5.10 Å². The second-order valence-corrected chi connectivity index (χ2v) is 6.38. The fourth-order valence-electron chi connectivity index (χ4n) is 2.45. The molecule has 1 N–H and O–H groups in total. The van der Waals surface area contributed by atoms with Crippen molar-refractivity contribution in [3.05, 3.63) is 83.4 Å². The lowest BCUT2D eigenvalue weighted by molar-refractivity contribution is 1.17. The third-order valence-corrected chi connectivity index (χ3v) is 4.18. The number of hydrogen-bond acceptors (Lipinski definition) is 4. The van der Waals surface area contributed by atoms with Gasteiger partial charge in [0.1, 0.15) is 5.65 Å². The van der Waals surface area contributed by atoms with Crippen molar-refractivity contribution in [2.45, 2.75) is 0 Å². The quantitative estimate of drug-likeness (QED) is 0.408. The molecule has 0 amide bonds. The molecule has 0 aliphatic rings.